The van der Waals surface area contributed by atoms with Crippen molar-refractivity contribution in [3.63, 3.8) is 0 Å². The molecule has 0 aliphatic carbocycles. The van der Waals surface area contributed by atoms with Crippen molar-refractivity contribution in [1.29, 1.82) is 0 Å². The Morgan fingerprint density at radius 3 is 2.89 bits per heavy atom. The lowest BCUT2D eigenvalue weighted by atomic mass is 10.2. The first-order valence-electron chi connectivity index (χ1n) is 5.43. The molecule has 18 heavy (non-hydrogen) atoms. The summed E-state index contributed by atoms with van der Waals surface area (Å²) in [5.74, 6) is 0.708. The summed E-state index contributed by atoms with van der Waals surface area (Å²) < 4.78 is 13.9. The number of benzene rings is 1. The normalized spacial score (nSPS) is 10.4. The minimum atomic E-state index is -0.319. The van der Waals surface area contributed by atoms with E-state index in [9.17, 15) is 4.39 Å². The van der Waals surface area contributed by atoms with E-state index >= 15 is 0 Å². The van der Waals surface area contributed by atoms with Crippen LogP contribution >= 0.6 is 15.9 Å². The Kier molecular flexibility index (Phi) is 3.76. The molecule has 2 aromatic rings. The van der Waals surface area contributed by atoms with Crippen molar-refractivity contribution >= 4 is 33.3 Å². The Hall–Kier alpha value is -1.69. The van der Waals surface area contributed by atoms with E-state index < -0.39 is 0 Å². The molecule has 4 nitrogen and oxygen atoms in total. The molecule has 0 amide bonds. The minimum Gasteiger partial charge on any atom is -0.383 e. The Balaban J connectivity index is 2.40. The van der Waals surface area contributed by atoms with E-state index in [2.05, 4.69) is 31.2 Å². The van der Waals surface area contributed by atoms with Crippen LogP contribution in [0.2, 0.25) is 0 Å². The van der Waals surface area contributed by atoms with Gasteiger partial charge in [-0.15, -0.1) is 0 Å². The molecule has 0 aliphatic heterocycles. The maximum atomic E-state index is 13.2. The molecule has 0 fully saturated rings. The summed E-state index contributed by atoms with van der Waals surface area (Å²) in [6, 6.07) is 4.40. The molecule has 1 aromatic heterocycles. The molecular formula is C12H12BrFN4. The van der Waals surface area contributed by atoms with Gasteiger partial charge in [0.1, 0.15) is 23.8 Å². The van der Waals surface area contributed by atoms with Gasteiger partial charge in [0.15, 0.2) is 0 Å². The first-order chi connectivity index (χ1) is 8.61. The van der Waals surface area contributed by atoms with Crippen LogP contribution in [0.1, 0.15) is 12.5 Å². The predicted octanol–water partition coefficient (Wildman–Crippen LogP) is 3.27. The first kappa shape index (κ1) is 12.8. The van der Waals surface area contributed by atoms with Crippen molar-refractivity contribution < 1.29 is 4.39 Å². The van der Waals surface area contributed by atoms with E-state index in [0.29, 0.717) is 23.7 Å². The molecule has 0 saturated heterocycles. The molecule has 2 rings (SSSR count). The van der Waals surface area contributed by atoms with Crippen LogP contribution in [0.5, 0.6) is 0 Å². The summed E-state index contributed by atoms with van der Waals surface area (Å²) in [6.45, 7) is 1.96. The zero-order valence-corrected chi connectivity index (χ0v) is 11.3. The molecule has 0 saturated carbocycles. The third-order valence-corrected chi connectivity index (χ3v) is 3.21. The topological polar surface area (TPSA) is 63.8 Å². The van der Waals surface area contributed by atoms with Crippen molar-refractivity contribution in [1.82, 2.24) is 9.97 Å². The lowest BCUT2D eigenvalue weighted by Gasteiger charge is -2.12. The van der Waals surface area contributed by atoms with Gasteiger partial charge in [-0.3, -0.25) is 0 Å². The molecular weight excluding hydrogens is 299 g/mol. The second-order valence-electron chi connectivity index (χ2n) is 3.69. The van der Waals surface area contributed by atoms with Crippen molar-refractivity contribution in [3.05, 3.63) is 40.4 Å². The first-order valence-corrected chi connectivity index (χ1v) is 6.22. The Morgan fingerprint density at radius 1 is 1.39 bits per heavy atom. The molecule has 1 aromatic carbocycles. The maximum Gasteiger partial charge on any atom is 0.139 e. The second kappa shape index (κ2) is 5.30. The molecule has 94 valence electrons. The fourth-order valence-electron chi connectivity index (χ4n) is 1.60. The third-order valence-electron chi connectivity index (χ3n) is 2.51. The fourth-order valence-corrected chi connectivity index (χ4v) is 1.95. The van der Waals surface area contributed by atoms with Gasteiger partial charge in [-0.05, 0) is 40.5 Å². The Bertz CT molecular complexity index is 574. The number of hydrogen-bond acceptors (Lipinski definition) is 4. The number of halogens is 2. The average Bonchev–Trinajstić information content (AvgIpc) is 2.34. The summed E-state index contributed by atoms with van der Waals surface area (Å²) in [7, 11) is 0. The second-order valence-corrected chi connectivity index (χ2v) is 4.54. The average molecular weight is 311 g/mol. The summed E-state index contributed by atoms with van der Waals surface area (Å²) in [5, 5.41) is 3.06. The van der Waals surface area contributed by atoms with Gasteiger partial charge in [0.25, 0.3) is 0 Å². The fraction of sp³-hybridized carbons (Fsp3) is 0.167. The number of nitrogen functional groups attached to an aromatic ring is 1. The van der Waals surface area contributed by atoms with E-state index in [0.717, 1.165) is 10.0 Å². The summed E-state index contributed by atoms with van der Waals surface area (Å²) in [5.41, 5.74) is 7.19. The Morgan fingerprint density at radius 2 is 2.17 bits per heavy atom. The summed E-state index contributed by atoms with van der Waals surface area (Å²) in [4.78, 5) is 8.06. The lowest BCUT2D eigenvalue weighted by molar-refractivity contribution is 0.628. The van der Waals surface area contributed by atoms with Crippen LogP contribution in [0.4, 0.5) is 21.7 Å². The summed E-state index contributed by atoms with van der Waals surface area (Å²) >= 11 is 3.35. The zero-order valence-electron chi connectivity index (χ0n) is 9.74. The third kappa shape index (κ3) is 2.59. The molecule has 0 atom stereocenters. The van der Waals surface area contributed by atoms with Crippen molar-refractivity contribution in [2.75, 3.05) is 11.1 Å². The zero-order chi connectivity index (χ0) is 13.1. The van der Waals surface area contributed by atoms with E-state index in [1.165, 1.54) is 18.5 Å². The number of nitrogens with zero attached hydrogens (tertiary/aromatic N) is 2. The highest BCUT2D eigenvalue weighted by molar-refractivity contribution is 9.10. The minimum absolute atomic E-state index is 0.319. The van der Waals surface area contributed by atoms with Crippen LogP contribution in [-0.2, 0) is 6.42 Å². The van der Waals surface area contributed by atoms with E-state index in [-0.39, 0.29) is 5.82 Å². The smallest absolute Gasteiger partial charge is 0.139 e. The molecule has 0 unspecified atom stereocenters. The number of anilines is 3. The number of nitrogens with one attached hydrogen (secondary N) is 1. The molecule has 6 heteroatoms. The van der Waals surface area contributed by atoms with Crippen LogP contribution in [0.25, 0.3) is 0 Å². The van der Waals surface area contributed by atoms with Gasteiger partial charge in [-0.25, -0.2) is 14.4 Å². The molecule has 0 aliphatic rings. The Labute approximate surface area is 113 Å². The van der Waals surface area contributed by atoms with Crippen LogP contribution in [-0.4, -0.2) is 9.97 Å². The molecule has 0 spiro atoms. The standard InChI is InChI=1S/C12H12BrFN4/c1-2-8-11(15)16-6-17-12(8)18-10-5-7(14)3-4-9(10)13/h3-6H,2H2,1H3,(H3,15,16,17,18). The molecule has 0 radical (unpaired) electrons. The van der Waals surface area contributed by atoms with E-state index in [1.54, 1.807) is 6.07 Å². The van der Waals surface area contributed by atoms with E-state index in [1.807, 2.05) is 6.92 Å². The largest absolute Gasteiger partial charge is 0.383 e. The van der Waals surface area contributed by atoms with Crippen LogP contribution in [0.3, 0.4) is 0 Å². The monoisotopic (exact) mass is 310 g/mol. The van der Waals surface area contributed by atoms with Crippen LogP contribution in [0, 0.1) is 5.82 Å². The SMILES string of the molecule is CCc1c(N)ncnc1Nc1cc(F)ccc1Br. The summed E-state index contributed by atoms with van der Waals surface area (Å²) in [6.07, 6.45) is 2.08. The van der Waals surface area contributed by atoms with E-state index in [4.69, 9.17) is 5.73 Å². The number of rotatable bonds is 3. The van der Waals surface area contributed by atoms with Crippen molar-refractivity contribution in [2.24, 2.45) is 0 Å². The van der Waals surface area contributed by atoms with Gasteiger partial charge in [0.2, 0.25) is 0 Å². The van der Waals surface area contributed by atoms with Gasteiger partial charge in [-0.2, -0.15) is 0 Å². The highest BCUT2D eigenvalue weighted by Gasteiger charge is 2.09. The number of aromatic nitrogens is 2. The van der Waals surface area contributed by atoms with Gasteiger partial charge < -0.3 is 11.1 Å². The van der Waals surface area contributed by atoms with Gasteiger partial charge in [0.05, 0.1) is 5.69 Å². The van der Waals surface area contributed by atoms with Gasteiger partial charge >= 0.3 is 0 Å². The predicted molar refractivity (Wildman–Crippen MR) is 73.2 cm³/mol. The number of hydrogen-bond donors (Lipinski definition) is 2. The van der Waals surface area contributed by atoms with Crippen molar-refractivity contribution in [3.8, 4) is 0 Å². The van der Waals surface area contributed by atoms with Crippen LogP contribution in [0.15, 0.2) is 29.0 Å². The van der Waals surface area contributed by atoms with Crippen molar-refractivity contribution in [2.45, 2.75) is 13.3 Å². The molecule has 0 bridgehead atoms. The van der Waals surface area contributed by atoms with Gasteiger partial charge in [0, 0.05) is 10.0 Å². The van der Waals surface area contributed by atoms with Crippen LogP contribution < -0.4 is 11.1 Å². The van der Waals surface area contributed by atoms with Gasteiger partial charge in [-0.1, -0.05) is 6.92 Å². The molecule has 3 N–H and O–H groups in total. The highest BCUT2D eigenvalue weighted by atomic mass is 79.9. The highest BCUT2D eigenvalue weighted by Crippen LogP contribution is 2.28. The maximum absolute atomic E-state index is 13.2. The lowest BCUT2D eigenvalue weighted by Crippen LogP contribution is -2.04. The quantitative estimate of drug-likeness (QED) is 0.913. The number of nitrogens with two attached hydrogens (primary N) is 1. The molecule has 1 heterocycles.